The van der Waals surface area contributed by atoms with Crippen LogP contribution in [0.25, 0.3) is 33.1 Å². The minimum atomic E-state index is -0.805. The topological polar surface area (TPSA) is 100 Å². The van der Waals surface area contributed by atoms with E-state index in [1.807, 2.05) is 6.07 Å². The molecule has 0 saturated carbocycles. The average molecular weight is 557 g/mol. The number of benzene rings is 2. The lowest BCUT2D eigenvalue weighted by molar-refractivity contribution is 0.166. The molecule has 8 nitrogen and oxygen atoms in total. The van der Waals surface area contributed by atoms with Crippen molar-refractivity contribution in [3.63, 3.8) is 0 Å². The Bertz CT molecular complexity index is 1740. The number of pyridine rings is 2. The van der Waals surface area contributed by atoms with Gasteiger partial charge in [-0.3, -0.25) is 9.88 Å². The number of piperidine rings is 1. The van der Waals surface area contributed by atoms with E-state index in [1.54, 1.807) is 55.7 Å². The molecule has 3 aromatic heterocycles. The second-order valence-electron chi connectivity index (χ2n) is 9.93. The fourth-order valence-electron chi connectivity index (χ4n) is 5.43. The third-order valence-electron chi connectivity index (χ3n) is 7.31. The van der Waals surface area contributed by atoms with E-state index in [4.69, 9.17) is 26.6 Å². The monoisotopic (exact) mass is 556 g/mol. The molecule has 1 aliphatic heterocycles. The number of nitrogens with zero attached hydrogens (tertiary/aromatic N) is 6. The molecule has 10 heteroatoms. The van der Waals surface area contributed by atoms with E-state index < -0.39 is 11.9 Å². The molecular weight excluding hydrogens is 531 g/mol. The number of likely N-dealkylation sites (tertiary alicyclic amines) is 1. The highest BCUT2D eigenvalue weighted by molar-refractivity contribution is 6.33. The molecule has 0 amide bonds. The first kappa shape index (κ1) is 26.1. The molecular formula is C30H26ClFN6O2. The molecule has 5 aromatic rings. The van der Waals surface area contributed by atoms with E-state index in [9.17, 15) is 5.11 Å². The van der Waals surface area contributed by atoms with Gasteiger partial charge in [0.05, 0.1) is 34.9 Å². The van der Waals surface area contributed by atoms with Crippen molar-refractivity contribution >= 4 is 33.5 Å². The zero-order valence-electron chi connectivity index (χ0n) is 21.8. The second kappa shape index (κ2) is 10.8. The molecule has 1 N–H and O–H groups in total. The van der Waals surface area contributed by atoms with Crippen LogP contribution in [-0.4, -0.2) is 49.2 Å². The van der Waals surface area contributed by atoms with Gasteiger partial charge in [-0.2, -0.15) is 5.26 Å². The van der Waals surface area contributed by atoms with E-state index >= 15 is 4.39 Å². The predicted molar refractivity (Wildman–Crippen MR) is 151 cm³/mol. The zero-order valence-corrected chi connectivity index (χ0v) is 22.5. The van der Waals surface area contributed by atoms with Gasteiger partial charge in [0.2, 0.25) is 5.88 Å². The normalized spacial score (nSPS) is 15.4. The highest BCUT2D eigenvalue weighted by Gasteiger charge is 2.27. The summed E-state index contributed by atoms with van der Waals surface area (Å²) in [7, 11) is 0. The zero-order chi connectivity index (χ0) is 27.8. The lowest BCUT2D eigenvalue weighted by Gasteiger charge is -2.32. The summed E-state index contributed by atoms with van der Waals surface area (Å²) in [6, 6.07) is 15.9. The smallest absolute Gasteiger partial charge is 0.219 e. The number of aliphatic hydroxyl groups excluding tert-OH is 1. The van der Waals surface area contributed by atoms with Crippen LogP contribution in [0.1, 0.15) is 37.7 Å². The van der Waals surface area contributed by atoms with E-state index in [0.29, 0.717) is 51.2 Å². The fourth-order valence-corrected chi connectivity index (χ4v) is 5.70. The van der Waals surface area contributed by atoms with Gasteiger partial charge >= 0.3 is 0 Å². The van der Waals surface area contributed by atoms with Crippen LogP contribution in [0.3, 0.4) is 0 Å². The van der Waals surface area contributed by atoms with E-state index in [2.05, 4.69) is 25.5 Å². The van der Waals surface area contributed by atoms with Gasteiger partial charge in [0.25, 0.3) is 0 Å². The number of imidazole rings is 1. The van der Waals surface area contributed by atoms with Crippen LogP contribution in [-0.2, 0) is 0 Å². The molecule has 0 radical (unpaired) electrons. The molecule has 0 aliphatic carbocycles. The number of aromatic nitrogens is 4. The van der Waals surface area contributed by atoms with Crippen LogP contribution in [0.4, 0.5) is 4.39 Å². The molecule has 40 heavy (non-hydrogen) atoms. The van der Waals surface area contributed by atoms with Crippen molar-refractivity contribution in [2.45, 2.75) is 31.9 Å². The summed E-state index contributed by atoms with van der Waals surface area (Å²) in [6.07, 6.45) is 4.05. The maximum Gasteiger partial charge on any atom is 0.219 e. The third kappa shape index (κ3) is 4.86. The van der Waals surface area contributed by atoms with E-state index in [0.717, 1.165) is 36.8 Å². The molecule has 4 heterocycles. The molecule has 1 atom stereocenters. The fraction of sp³-hybridized carbons (Fsp3) is 0.267. The standard InChI is InChI=1S/C30H26ClFN6O2/c1-18(39)30-36-27-17-35-26-16-25(32)22(21-6-5-20(14-24(21)31)40-28-4-2-3-10-34-28)15-23(26)29(27)38(30)19-7-11-37(12-8-19)13-9-33/h2-6,10,14-19,39H,7-8,11-13H2,1H3. The van der Waals surface area contributed by atoms with Crippen molar-refractivity contribution in [1.82, 2.24) is 24.4 Å². The van der Waals surface area contributed by atoms with Crippen LogP contribution in [0.5, 0.6) is 11.6 Å². The minimum absolute atomic E-state index is 0.0651. The van der Waals surface area contributed by atoms with Gasteiger partial charge in [0, 0.05) is 60.0 Å². The Balaban J connectivity index is 1.45. The molecule has 0 bridgehead atoms. The van der Waals surface area contributed by atoms with Crippen LogP contribution in [0, 0.1) is 17.1 Å². The Morgan fingerprint density at radius 1 is 1.12 bits per heavy atom. The summed E-state index contributed by atoms with van der Waals surface area (Å²) in [6.45, 7) is 3.62. The summed E-state index contributed by atoms with van der Waals surface area (Å²) in [5.74, 6) is 1.01. The first-order valence-corrected chi connectivity index (χ1v) is 13.5. The molecule has 1 aliphatic rings. The molecule has 2 aromatic carbocycles. The van der Waals surface area contributed by atoms with Gasteiger partial charge in [0.15, 0.2) is 0 Å². The Labute approximate surface area is 235 Å². The Hall–Kier alpha value is -4.10. The molecule has 1 saturated heterocycles. The summed E-state index contributed by atoms with van der Waals surface area (Å²) in [5.41, 5.74) is 2.75. The van der Waals surface area contributed by atoms with E-state index in [1.165, 1.54) is 6.07 Å². The summed E-state index contributed by atoms with van der Waals surface area (Å²) in [5, 5.41) is 20.8. The number of ether oxygens (including phenoxy) is 1. The van der Waals surface area contributed by atoms with Crippen LogP contribution in [0.15, 0.2) is 60.9 Å². The highest BCUT2D eigenvalue weighted by atomic mass is 35.5. The summed E-state index contributed by atoms with van der Waals surface area (Å²) >= 11 is 6.65. The van der Waals surface area contributed by atoms with Crippen LogP contribution in [0.2, 0.25) is 5.02 Å². The molecule has 6 rings (SSSR count). The lowest BCUT2D eigenvalue weighted by atomic mass is 10.0. The first-order valence-electron chi connectivity index (χ1n) is 13.1. The summed E-state index contributed by atoms with van der Waals surface area (Å²) < 4.78 is 23.4. The van der Waals surface area contributed by atoms with Gasteiger partial charge in [-0.1, -0.05) is 17.7 Å². The van der Waals surface area contributed by atoms with Gasteiger partial charge < -0.3 is 14.4 Å². The quantitative estimate of drug-likeness (QED) is 0.240. The summed E-state index contributed by atoms with van der Waals surface area (Å²) in [4.78, 5) is 15.5. The minimum Gasteiger partial charge on any atom is -0.439 e. The van der Waals surface area contributed by atoms with Crippen molar-refractivity contribution in [1.29, 1.82) is 5.26 Å². The Morgan fingerprint density at radius 3 is 2.65 bits per heavy atom. The second-order valence-corrected chi connectivity index (χ2v) is 10.3. The van der Waals surface area contributed by atoms with Crippen LogP contribution >= 0.6 is 11.6 Å². The van der Waals surface area contributed by atoms with Gasteiger partial charge in [-0.05, 0) is 44.0 Å². The number of fused-ring (bicyclic) bond motifs is 3. The predicted octanol–water partition coefficient (Wildman–Crippen LogP) is 6.45. The number of halogens is 2. The highest BCUT2D eigenvalue weighted by Crippen LogP contribution is 2.39. The first-order chi connectivity index (χ1) is 19.4. The average Bonchev–Trinajstić information content (AvgIpc) is 3.35. The Morgan fingerprint density at radius 2 is 1.95 bits per heavy atom. The van der Waals surface area contributed by atoms with Gasteiger partial charge in [0.1, 0.15) is 29.0 Å². The number of hydrogen-bond donors (Lipinski definition) is 1. The van der Waals surface area contributed by atoms with Crippen molar-refractivity contribution < 1.29 is 14.2 Å². The van der Waals surface area contributed by atoms with Gasteiger partial charge in [-0.15, -0.1) is 0 Å². The number of aliphatic hydroxyl groups is 1. The molecule has 1 unspecified atom stereocenters. The van der Waals surface area contributed by atoms with Crippen molar-refractivity contribution in [3.8, 4) is 28.8 Å². The molecule has 202 valence electrons. The SMILES string of the molecule is CC(O)c1nc2cnc3cc(F)c(-c4ccc(Oc5ccccn5)cc4Cl)cc3c2n1C1CCN(CC#N)CC1. The molecule has 1 fully saturated rings. The number of rotatable bonds is 6. The van der Waals surface area contributed by atoms with Crippen molar-refractivity contribution in [2.75, 3.05) is 19.6 Å². The third-order valence-corrected chi connectivity index (χ3v) is 7.63. The van der Waals surface area contributed by atoms with Gasteiger partial charge in [-0.25, -0.2) is 14.4 Å². The van der Waals surface area contributed by atoms with E-state index in [-0.39, 0.29) is 6.04 Å². The number of hydrogen-bond acceptors (Lipinski definition) is 7. The van der Waals surface area contributed by atoms with Crippen molar-refractivity contribution in [3.05, 3.63) is 77.6 Å². The Kier molecular flexibility index (Phi) is 7.07. The largest absolute Gasteiger partial charge is 0.439 e. The van der Waals surface area contributed by atoms with Crippen molar-refractivity contribution in [2.24, 2.45) is 0 Å². The maximum atomic E-state index is 15.5. The maximum absolute atomic E-state index is 15.5. The van der Waals surface area contributed by atoms with Crippen LogP contribution < -0.4 is 4.74 Å². The molecule has 0 spiro atoms. The number of nitriles is 1. The lowest BCUT2D eigenvalue weighted by Crippen LogP contribution is -2.35.